The predicted octanol–water partition coefficient (Wildman–Crippen LogP) is 2.77. The number of fused-ring (bicyclic) bond motifs is 2. The van der Waals surface area contributed by atoms with Gasteiger partial charge in [0.15, 0.2) is 6.29 Å². The first-order chi connectivity index (χ1) is 10.3. The fourth-order valence-electron chi connectivity index (χ4n) is 2.30. The summed E-state index contributed by atoms with van der Waals surface area (Å²) in [5, 5.41) is 0. The number of carbonyl (C=O) groups excluding carboxylic acids is 1. The van der Waals surface area contributed by atoms with E-state index in [1.54, 1.807) is 13.3 Å². The third kappa shape index (κ3) is 2.45. The van der Waals surface area contributed by atoms with Crippen molar-refractivity contribution in [3.05, 3.63) is 65.2 Å². The second-order valence-electron chi connectivity index (χ2n) is 4.47. The van der Waals surface area contributed by atoms with Crippen LogP contribution in [0.3, 0.4) is 0 Å². The van der Waals surface area contributed by atoms with Gasteiger partial charge in [-0.25, -0.2) is 0 Å². The number of benzene rings is 1. The van der Waals surface area contributed by atoms with E-state index in [-0.39, 0.29) is 0 Å². The molecule has 0 amide bonds. The molecular weight excluding hydrogens is 266 g/mol. The molecule has 21 heavy (non-hydrogen) atoms. The Morgan fingerprint density at radius 1 is 1.33 bits per heavy atom. The first-order valence-electron chi connectivity index (χ1n) is 6.49. The molecule has 3 rings (SSSR count). The highest BCUT2D eigenvalue weighted by Gasteiger charge is 2.20. The zero-order valence-corrected chi connectivity index (χ0v) is 11.5. The summed E-state index contributed by atoms with van der Waals surface area (Å²) >= 11 is 0. The summed E-state index contributed by atoms with van der Waals surface area (Å²) in [4.78, 5) is 15.0. The number of hydrogen-bond acceptors (Lipinski definition) is 4. The minimum absolute atomic E-state index is 0.377. The molecule has 104 valence electrons. The number of nitrogens with zero attached hydrogens (tertiary/aromatic N) is 1. The van der Waals surface area contributed by atoms with Crippen molar-refractivity contribution in [3.8, 4) is 11.5 Å². The van der Waals surface area contributed by atoms with E-state index in [2.05, 4.69) is 10.7 Å². The Morgan fingerprint density at radius 2 is 2.24 bits per heavy atom. The Labute approximate surface area is 122 Å². The highest BCUT2D eigenvalue weighted by molar-refractivity contribution is 5.86. The zero-order chi connectivity index (χ0) is 14.7. The summed E-state index contributed by atoms with van der Waals surface area (Å²) in [7, 11) is 1.61. The zero-order valence-electron chi connectivity index (χ0n) is 11.5. The van der Waals surface area contributed by atoms with E-state index in [0.717, 1.165) is 33.9 Å². The Morgan fingerprint density at radius 3 is 3.05 bits per heavy atom. The molecule has 1 aromatic heterocycles. The third-order valence-corrected chi connectivity index (χ3v) is 3.28. The van der Waals surface area contributed by atoms with E-state index in [1.807, 2.05) is 30.3 Å². The molecule has 0 spiro atoms. The number of ether oxygens (including phenoxy) is 2. The van der Waals surface area contributed by atoms with Crippen molar-refractivity contribution in [1.82, 2.24) is 4.98 Å². The molecule has 0 N–H and O–H groups in total. The van der Waals surface area contributed by atoms with Crippen LogP contribution in [0.15, 0.2) is 48.3 Å². The van der Waals surface area contributed by atoms with Crippen molar-refractivity contribution in [2.24, 2.45) is 0 Å². The quantitative estimate of drug-likeness (QED) is 0.482. The van der Waals surface area contributed by atoms with Gasteiger partial charge < -0.3 is 9.47 Å². The van der Waals surface area contributed by atoms with Gasteiger partial charge in [0.05, 0.1) is 12.8 Å². The van der Waals surface area contributed by atoms with Gasteiger partial charge in [0.2, 0.25) is 0 Å². The second kappa shape index (κ2) is 5.65. The molecule has 0 bridgehead atoms. The molecule has 0 fully saturated rings. The molecule has 0 aliphatic carbocycles. The lowest BCUT2D eigenvalue weighted by Crippen LogP contribution is -1.98. The van der Waals surface area contributed by atoms with E-state index >= 15 is 0 Å². The molecule has 0 radical (unpaired) electrons. The van der Waals surface area contributed by atoms with Gasteiger partial charge in [-0.15, -0.1) is 5.73 Å². The SMILES string of the molecule is COc1ccc2c(c1)C(=C=CC=O)c1cccnc1CO2. The van der Waals surface area contributed by atoms with Crippen LogP contribution in [0.5, 0.6) is 11.5 Å². The van der Waals surface area contributed by atoms with E-state index in [0.29, 0.717) is 12.9 Å². The van der Waals surface area contributed by atoms with Crippen LogP contribution in [0.25, 0.3) is 5.57 Å². The Bertz CT molecular complexity index is 758. The van der Waals surface area contributed by atoms with Gasteiger partial charge in [-0.3, -0.25) is 9.78 Å². The molecule has 2 aromatic rings. The summed E-state index contributed by atoms with van der Waals surface area (Å²) in [6.07, 6.45) is 3.77. The van der Waals surface area contributed by atoms with Crippen LogP contribution in [0.1, 0.15) is 16.8 Å². The van der Waals surface area contributed by atoms with E-state index in [9.17, 15) is 4.79 Å². The summed E-state index contributed by atoms with van der Waals surface area (Å²) in [5.74, 6) is 1.44. The number of aldehydes is 1. The van der Waals surface area contributed by atoms with Crippen molar-refractivity contribution in [1.29, 1.82) is 0 Å². The molecule has 2 heterocycles. The fourth-order valence-corrected chi connectivity index (χ4v) is 2.30. The number of hydrogen-bond donors (Lipinski definition) is 0. The summed E-state index contributed by atoms with van der Waals surface area (Å²) in [5.41, 5.74) is 6.35. The highest BCUT2D eigenvalue weighted by atomic mass is 16.5. The number of allylic oxidation sites excluding steroid dienone is 1. The standard InChI is InChI=1S/C17H13NO3/c1-20-12-6-7-17-15(10-12)13(5-3-9-19)14-4-2-8-18-16(14)11-21-17/h2-4,6-10H,11H2,1H3. The van der Waals surface area contributed by atoms with Crippen molar-refractivity contribution in [2.75, 3.05) is 7.11 Å². The van der Waals surface area contributed by atoms with E-state index < -0.39 is 0 Å². The van der Waals surface area contributed by atoms with Gasteiger partial charge in [-0.05, 0) is 24.3 Å². The van der Waals surface area contributed by atoms with Crippen LogP contribution in [0, 0.1) is 0 Å². The molecule has 0 atom stereocenters. The average Bonchev–Trinajstić information content (AvgIpc) is 2.69. The Hall–Kier alpha value is -2.84. The third-order valence-electron chi connectivity index (χ3n) is 3.28. The summed E-state index contributed by atoms with van der Waals surface area (Å²) in [6, 6.07) is 9.36. The monoisotopic (exact) mass is 279 g/mol. The van der Waals surface area contributed by atoms with Gasteiger partial charge in [0.1, 0.15) is 18.1 Å². The van der Waals surface area contributed by atoms with Crippen molar-refractivity contribution >= 4 is 11.9 Å². The summed E-state index contributed by atoms with van der Waals surface area (Å²) in [6.45, 7) is 0.377. The molecule has 0 saturated carbocycles. The number of rotatable bonds is 2. The summed E-state index contributed by atoms with van der Waals surface area (Å²) < 4.78 is 11.1. The van der Waals surface area contributed by atoms with Gasteiger partial charge in [-0.1, -0.05) is 6.07 Å². The molecule has 4 heteroatoms. The maximum Gasteiger partial charge on any atom is 0.150 e. The van der Waals surface area contributed by atoms with E-state index in [1.165, 1.54) is 6.08 Å². The van der Waals surface area contributed by atoms with Crippen LogP contribution in [0.2, 0.25) is 0 Å². The molecule has 0 saturated heterocycles. The normalized spacial score (nSPS) is 12.1. The van der Waals surface area contributed by atoms with Crippen LogP contribution in [-0.4, -0.2) is 18.4 Å². The van der Waals surface area contributed by atoms with Crippen molar-refractivity contribution in [3.63, 3.8) is 0 Å². The van der Waals surface area contributed by atoms with Gasteiger partial charge in [0.25, 0.3) is 0 Å². The molecule has 1 aliphatic rings. The minimum atomic E-state index is 0.377. The molecule has 1 aliphatic heterocycles. The van der Waals surface area contributed by atoms with Crippen molar-refractivity contribution in [2.45, 2.75) is 6.61 Å². The lowest BCUT2D eigenvalue weighted by molar-refractivity contribution is -0.104. The molecule has 0 unspecified atom stereocenters. The minimum Gasteiger partial charge on any atom is -0.497 e. The maximum atomic E-state index is 10.7. The fraction of sp³-hybridized carbons (Fsp3) is 0.118. The van der Waals surface area contributed by atoms with Crippen molar-refractivity contribution < 1.29 is 14.3 Å². The topological polar surface area (TPSA) is 48.4 Å². The van der Waals surface area contributed by atoms with Crippen LogP contribution < -0.4 is 9.47 Å². The van der Waals surface area contributed by atoms with Gasteiger partial charge >= 0.3 is 0 Å². The molecule has 4 nitrogen and oxygen atoms in total. The first kappa shape index (κ1) is 13.2. The maximum absolute atomic E-state index is 10.7. The highest BCUT2D eigenvalue weighted by Crippen LogP contribution is 2.37. The molecular formula is C17H13NO3. The van der Waals surface area contributed by atoms with Crippen LogP contribution in [0.4, 0.5) is 0 Å². The number of aromatic nitrogens is 1. The lowest BCUT2D eigenvalue weighted by atomic mass is 9.97. The Kier molecular flexibility index (Phi) is 3.54. The number of carbonyl (C=O) groups is 1. The van der Waals surface area contributed by atoms with Crippen LogP contribution >= 0.6 is 0 Å². The Balaban J connectivity index is 2.30. The lowest BCUT2D eigenvalue weighted by Gasteiger charge is -2.09. The van der Waals surface area contributed by atoms with Gasteiger partial charge in [0, 0.05) is 29.0 Å². The average molecular weight is 279 g/mol. The predicted molar refractivity (Wildman–Crippen MR) is 78.2 cm³/mol. The largest absolute Gasteiger partial charge is 0.497 e. The number of methoxy groups -OCH3 is 1. The molecule has 1 aromatic carbocycles. The van der Waals surface area contributed by atoms with E-state index in [4.69, 9.17) is 9.47 Å². The first-order valence-corrected chi connectivity index (χ1v) is 6.49. The van der Waals surface area contributed by atoms with Crippen LogP contribution in [-0.2, 0) is 11.4 Å². The van der Waals surface area contributed by atoms with Gasteiger partial charge in [-0.2, -0.15) is 0 Å². The number of pyridine rings is 1. The smallest absolute Gasteiger partial charge is 0.150 e. The second-order valence-corrected chi connectivity index (χ2v) is 4.47.